The molecule has 2 heterocycles. The van der Waals surface area contributed by atoms with Gasteiger partial charge in [-0.3, -0.25) is 9.78 Å². The first-order valence-corrected chi connectivity index (χ1v) is 8.98. The Morgan fingerprint density at radius 1 is 1.00 bits per heavy atom. The number of carbonyl (C=O) groups is 1. The molecule has 0 bridgehead atoms. The quantitative estimate of drug-likeness (QED) is 0.493. The maximum absolute atomic E-state index is 13.0. The van der Waals surface area contributed by atoms with Crippen LogP contribution in [0.1, 0.15) is 15.9 Å². The summed E-state index contributed by atoms with van der Waals surface area (Å²) in [7, 11) is 0. The number of nitrogens with zero attached hydrogens (tertiary/aromatic N) is 1. The summed E-state index contributed by atoms with van der Waals surface area (Å²) in [4.78, 5) is 16.8. The van der Waals surface area contributed by atoms with Crippen molar-refractivity contribution >= 4 is 5.91 Å². The lowest BCUT2D eigenvalue weighted by Gasteiger charge is -2.09. The van der Waals surface area contributed by atoms with Gasteiger partial charge in [0.2, 0.25) is 0 Å². The third-order valence-corrected chi connectivity index (χ3v) is 4.20. The molecule has 0 saturated carbocycles. The predicted molar refractivity (Wildman–Crippen MR) is 106 cm³/mol. The van der Waals surface area contributed by atoms with Crippen LogP contribution in [-0.2, 0) is 6.54 Å². The molecule has 0 aliphatic carbocycles. The van der Waals surface area contributed by atoms with E-state index in [1.54, 1.807) is 42.8 Å². The van der Waals surface area contributed by atoms with Gasteiger partial charge in [-0.2, -0.15) is 0 Å². The number of aromatic nitrogens is 1. The van der Waals surface area contributed by atoms with Gasteiger partial charge in [0.25, 0.3) is 5.91 Å². The van der Waals surface area contributed by atoms with Gasteiger partial charge in [-0.1, -0.05) is 12.1 Å². The summed E-state index contributed by atoms with van der Waals surface area (Å²) >= 11 is 0. The molecule has 1 N–H and O–H groups in total. The van der Waals surface area contributed by atoms with Gasteiger partial charge < -0.3 is 14.5 Å². The molecule has 4 aromatic rings. The highest BCUT2D eigenvalue weighted by Crippen LogP contribution is 2.22. The number of hydrogen-bond acceptors (Lipinski definition) is 4. The molecule has 6 heteroatoms. The number of benzene rings is 2. The average molecular weight is 388 g/mol. The van der Waals surface area contributed by atoms with E-state index in [0.29, 0.717) is 29.4 Å². The number of carbonyl (C=O) groups excluding carboxylic acids is 1. The van der Waals surface area contributed by atoms with Crippen LogP contribution < -0.4 is 10.1 Å². The first-order chi connectivity index (χ1) is 14.2. The fourth-order valence-corrected chi connectivity index (χ4v) is 2.72. The summed E-state index contributed by atoms with van der Waals surface area (Å²) in [6, 6.07) is 19.9. The predicted octanol–water partition coefficient (Wildman–Crippen LogP) is 5.20. The van der Waals surface area contributed by atoms with E-state index in [9.17, 15) is 9.18 Å². The van der Waals surface area contributed by atoms with Crippen molar-refractivity contribution < 1.29 is 18.3 Å². The summed E-state index contributed by atoms with van der Waals surface area (Å²) in [5.41, 5.74) is 2.06. The van der Waals surface area contributed by atoms with Crippen molar-refractivity contribution in [2.24, 2.45) is 0 Å². The fourth-order valence-electron chi connectivity index (χ4n) is 2.72. The Morgan fingerprint density at radius 3 is 2.59 bits per heavy atom. The van der Waals surface area contributed by atoms with Crippen LogP contribution in [0.4, 0.5) is 4.39 Å². The highest BCUT2D eigenvalue weighted by Gasteiger charge is 2.08. The Kier molecular flexibility index (Phi) is 5.33. The molecule has 5 nitrogen and oxygen atoms in total. The normalized spacial score (nSPS) is 10.5. The largest absolute Gasteiger partial charge is 0.463 e. The van der Waals surface area contributed by atoms with Crippen molar-refractivity contribution in [3.8, 4) is 23.0 Å². The van der Waals surface area contributed by atoms with E-state index in [-0.39, 0.29) is 11.7 Å². The summed E-state index contributed by atoms with van der Waals surface area (Å²) in [5, 5.41) is 2.86. The van der Waals surface area contributed by atoms with Crippen LogP contribution in [0.25, 0.3) is 11.5 Å². The zero-order valence-electron chi connectivity index (χ0n) is 15.3. The maximum atomic E-state index is 13.0. The number of hydrogen-bond donors (Lipinski definition) is 1. The van der Waals surface area contributed by atoms with Gasteiger partial charge in [0.15, 0.2) is 5.76 Å². The van der Waals surface area contributed by atoms with Gasteiger partial charge in [0.1, 0.15) is 23.0 Å². The Balaban J connectivity index is 1.37. The van der Waals surface area contributed by atoms with Crippen LogP contribution in [0, 0.1) is 5.82 Å². The number of furan rings is 1. The van der Waals surface area contributed by atoms with Crippen molar-refractivity contribution in [2.75, 3.05) is 0 Å². The van der Waals surface area contributed by atoms with Crippen molar-refractivity contribution in [2.45, 2.75) is 6.54 Å². The molecule has 0 aliphatic rings. The number of amides is 1. The zero-order valence-corrected chi connectivity index (χ0v) is 15.3. The Hall–Kier alpha value is -3.93. The molecule has 144 valence electrons. The van der Waals surface area contributed by atoms with Gasteiger partial charge in [0, 0.05) is 18.3 Å². The van der Waals surface area contributed by atoms with E-state index in [0.717, 1.165) is 11.3 Å². The second-order valence-electron chi connectivity index (χ2n) is 6.30. The molecule has 0 fully saturated rings. The molecule has 4 rings (SSSR count). The SMILES string of the molecule is O=C(NCc1ccc(-c2ccco2)nc1)c1cccc(Oc2ccc(F)cc2)c1. The molecular weight excluding hydrogens is 371 g/mol. The van der Waals surface area contributed by atoms with E-state index < -0.39 is 0 Å². The standard InChI is InChI=1S/C23H17FN2O3/c24-18-7-9-19(10-8-18)29-20-4-1-3-17(13-20)23(27)26-15-16-6-11-21(25-14-16)22-5-2-12-28-22/h1-14H,15H2,(H,26,27). The minimum atomic E-state index is -0.336. The number of pyridine rings is 1. The summed E-state index contributed by atoms with van der Waals surface area (Å²) in [5.74, 6) is 1.11. The van der Waals surface area contributed by atoms with E-state index in [1.165, 1.54) is 24.3 Å². The van der Waals surface area contributed by atoms with Crippen LogP contribution in [-0.4, -0.2) is 10.9 Å². The van der Waals surface area contributed by atoms with Gasteiger partial charge in [0.05, 0.1) is 6.26 Å². The fraction of sp³-hybridized carbons (Fsp3) is 0.0435. The lowest BCUT2D eigenvalue weighted by atomic mass is 10.2. The van der Waals surface area contributed by atoms with Crippen molar-refractivity contribution in [3.63, 3.8) is 0 Å². The van der Waals surface area contributed by atoms with Crippen LogP contribution >= 0.6 is 0 Å². The van der Waals surface area contributed by atoms with Gasteiger partial charge in [-0.25, -0.2) is 4.39 Å². The molecule has 0 aliphatic heterocycles. The van der Waals surface area contributed by atoms with Crippen LogP contribution in [0.2, 0.25) is 0 Å². The molecular formula is C23H17FN2O3. The minimum absolute atomic E-state index is 0.232. The summed E-state index contributed by atoms with van der Waals surface area (Å²) < 4.78 is 24.0. The molecule has 1 amide bonds. The topological polar surface area (TPSA) is 64.4 Å². The lowest BCUT2D eigenvalue weighted by Crippen LogP contribution is -2.22. The average Bonchev–Trinajstić information content (AvgIpc) is 3.29. The van der Waals surface area contributed by atoms with Crippen LogP contribution in [0.3, 0.4) is 0 Å². The monoisotopic (exact) mass is 388 g/mol. The minimum Gasteiger partial charge on any atom is -0.463 e. The number of nitrogens with one attached hydrogen (secondary N) is 1. The van der Waals surface area contributed by atoms with Gasteiger partial charge >= 0.3 is 0 Å². The maximum Gasteiger partial charge on any atom is 0.251 e. The van der Waals surface area contributed by atoms with E-state index in [2.05, 4.69) is 10.3 Å². The second-order valence-corrected chi connectivity index (χ2v) is 6.30. The van der Waals surface area contributed by atoms with Gasteiger partial charge in [-0.05, 0) is 66.2 Å². The highest BCUT2D eigenvalue weighted by atomic mass is 19.1. The highest BCUT2D eigenvalue weighted by molar-refractivity contribution is 5.94. The third kappa shape index (κ3) is 4.68. The number of halogens is 1. The smallest absolute Gasteiger partial charge is 0.251 e. The zero-order chi connectivity index (χ0) is 20.1. The lowest BCUT2D eigenvalue weighted by molar-refractivity contribution is 0.0950. The van der Waals surface area contributed by atoms with Crippen molar-refractivity contribution in [1.29, 1.82) is 0 Å². The summed E-state index contributed by atoms with van der Waals surface area (Å²) in [6.07, 6.45) is 3.30. The second kappa shape index (κ2) is 8.39. The van der Waals surface area contributed by atoms with Crippen molar-refractivity contribution in [3.05, 3.63) is 102 Å². The van der Waals surface area contributed by atoms with E-state index in [4.69, 9.17) is 9.15 Å². The van der Waals surface area contributed by atoms with Gasteiger partial charge in [-0.15, -0.1) is 0 Å². The molecule has 0 atom stereocenters. The summed E-state index contributed by atoms with van der Waals surface area (Å²) in [6.45, 7) is 0.341. The Bertz CT molecular complexity index is 1090. The first-order valence-electron chi connectivity index (χ1n) is 8.98. The van der Waals surface area contributed by atoms with Crippen LogP contribution in [0.15, 0.2) is 89.7 Å². The molecule has 0 unspecified atom stereocenters. The first kappa shape index (κ1) is 18.4. The molecule has 29 heavy (non-hydrogen) atoms. The van der Waals surface area contributed by atoms with Crippen LogP contribution in [0.5, 0.6) is 11.5 Å². The van der Waals surface area contributed by atoms with Crippen molar-refractivity contribution in [1.82, 2.24) is 10.3 Å². The number of rotatable bonds is 6. The Labute approximate surface area is 166 Å². The number of ether oxygens (including phenoxy) is 1. The van der Waals surface area contributed by atoms with E-state index in [1.807, 2.05) is 18.2 Å². The molecule has 0 spiro atoms. The Morgan fingerprint density at radius 2 is 1.86 bits per heavy atom. The molecule has 2 aromatic heterocycles. The van der Waals surface area contributed by atoms with E-state index >= 15 is 0 Å². The third-order valence-electron chi connectivity index (χ3n) is 4.20. The molecule has 0 saturated heterocycles. The molecule has 0 radical (unpaired) electrons. The molecule has 2 aromatic carbocycles.